The number of urea groups is 1. The highest BCUT2D eigenvalue weighted by Crippen LogP contribution is 2.34. The fraction of sp³-hybridized carbons (Fsp3) is 0.517. The van der Waals surface area contributed by atoms with Crippen molar-refractivity contribution in [2.45, 2.75) is 58.5 Å². The second-order valence-corrected chi connectivity index (χ2v) is 11.0. The van der Waals surface area contributed by atoms with E-state index in [1.807, 2.05) is 47.7 Å². The molecule has 2 aliphatic heterocycles. The van der Waals surface area contributed by atoms with E-state index >= 15 is 4.39 Å². The van der Waals surface area contributed by atoms with Gasteiger partial charge in [0.05, 0.1) is 11.2 Å². The standard InChI is InChI=1S/C29H39FN6O/c1-20(2)32-29(37)35-15-13-34(14-16-35)27-7-10-31-36-19-24(18-28(27)36)25-6-5-23(17-26(25)30)22-8-11-33(12-9-22)21(3)4/h5-7,10,17-22H,8-9,11-16H2,1-4H3,(H,32,37). The van der Waals surface area contributed by atoms with E-state index in [-0.39, 0.29) is 17.9 Å². The van der Waals surface area contributed by atoms with Crippen molar-refractivity contribution in [3.63, 3.8) is 0 Å². The zero-order valence-corrected chi connectivity index (χ0v) is 22.5. The maximum absolute atomic E-state index is 15.4. The summed E-state index contributed by atoms with van der Waals surface area (Å²) in [6.07, 6.45) is 5.84. The number of hydrogen-bond acceptors (Lipinski definition) is 4. The summed E-state index contributed by atoms with van der Waals surface area (Å²) in [6.45, 7) is 13.4. The molecule has 2 aromatic heterocycles. The van der Waals surface area contributed by atoms with E-state index in [2.05, 4.69) is 40.1 Å². The minimum absolute atomic E-state index is 0.0103. The van der Waals surface area contributed by atoms with Crippen molar-refractivity contribution < 1.29 is 9.18 Å². The first-order chi connectivity index (χ1) is 17.8. The molecule has 0 unspecified atom stereocenters. The van der Waals surface area contributed by atoms with Crippen LogP contribution >= 0.6 is 0 Å². The number of piperazine rings is 1. The van der Waals surface area contributed by atoms with Crippen LogP contribution in [0.15, 0.2) is 42.7 Å². The van der Waals surface area contributed by atoms with E-state index < -0.39 is 0 Å². The van der Waals surface area contributed by atoms with Gasteiger partial charge in [0.25, 0.3) is 0 Å². The van der Waals surface area contributed by atoms with Crippen molar-refractivity contribution in [2.75, 3.05) is 44.2 Å². The lowest BCUT2D eigenvalue weighted by molar-refractivity contribution is 0.172. The van der Waals surface area contributed by atoms with Gasteiger partial charge >= 0.3 is 6.03 Å². The number of rotatable bonds is 5. The third kappa shape index (κ3) is 5.44. The first-order valence-electron chi connectivity index (χ1n) is 13.6. The van der Waals surface area contributed by atoms with Crippen molar-refractivity contribution in [2.24, 2.45) is 0 Å². The van der Waals surface area contributed by atoms with Crippen molar-refractivity contribution in [3.05, 3.63) is 54.1 Å². The summed E-state index contributed by atoms with van der Waals surface area (Å²) in [6, 6.07) is 10.5. The van der Waals surface area contributed by atoms with Gasteiger partial charge in [0, 0.05) is 61.8 Å². The molecular weight excluding hydrogens is 467 g/mol. The summed E-state index contributed by atoms with van der Waals surface area (Å²) in [4.78, 5) is 19.0. The number of carbonyl (C=O) groups excluding carboxylic acids is 1. The SMILES string of the molecule is CC(C)NC(=O)N1CCN(c2ccnn3cc(-c4ccc(C5CCN(C(C)C)CC5)cc4F)cc23)CC1. The topological polar surface area (TPSA) is 56.1 Å². The molecule has 1 aromatic carbocycles. The Bertz CT molecular complexity index is 1240. The maximum atomic E-state index is 15.4. The number of aromatic nitrogens is 2. The van der Waals surface area contributed by atoms with E-state index in [1.165, 1.54) is 0 Å². The monoisotopic (exact) mass is 506 g/mol. The smallest absolute Gasteiger partial charge is 0.317 e. The van der Waals surface area contributed by atoms with Crippen LogP contribution in [-0.4, -0.2) is 76.8 Å². The molecule has 0 aliphatic carbocycles. The van der Waals surface area contributed by atoms with Gasteiger partial charge in [-0.25, -0.2) is 13.7 Å². The molecule has 3 aromatic rings. The quantitative estimate of drug-likeness (QED) is 0.531. The Morgan fingerprint density at radius 2 is 1.73 bits per heavy atom. The van der Waals surface area contributed by atoms with Gasteiger partial charge in [-0.05, 0) is 83.3 Å². The number of likely N-dealkylation sites (tertiary alicyclic amines) is 1. The van der Waals surface area contributed by atoms with Gasteiger partial charge < -0.3 is 20.0 Å². The molecule has 0 bridgehead atoms. The van der Waals surface area contributed by atoms with E-state index in [9.17, 15) is 4.79 Å². The molecule has 37 heavy (non-hydrogen) atoms. The summed E-state index contributed by atoms with van der Waals surface area (Å²) in [7, 11) is 0. The van der Waals surface area contributed by atoms with Gasteiger partial charge in [-0.15, -0.1) is 0 Å². The van der Waals surface area contributed by atoms with Crippen LogP contribution in [0.2, 0.25) is 0 Å². The van der Waals surface area contributed by atoms with Gasteiger partial charge in [-0.2, -0.15) is 5.10 Å². The molecule has 2 fully saturated rings. The number of amides is 2. The summed E-state index contributed by atoms with van der Waals surface area (Å²) in [5, 5.41) is 7.46. The Balaban J connectivity index is 1.32. The molecule has 4 heterocycles. The lowest BCUT2D eigenvalue weighted by Gasteiger charge is -2.36. The Kier molecular flexibility index (Phi) is 7.38. The van der Waals surface area contributed by atoms with Gasteiger partial charge in [-0.1, -0.05) is 12.1 Å². The number of nitrogens with zero attached hydrogens (tertiary/aromatic N) is 5. The molecular formula is C29H39FN6O. The van der Waals surface area contributed by atoms with E-state index in [0.29, 0.717) is 30.6 Å². The summed E-state index contributed by atoms with van der Waals surface area (Å²) >= 11 is 0. The predicted octanol–water partition coefficient (Wildman–Crippen LogP) is 4.97. The highest BCUT2D eigenvalue weighted by atomic mass is 19.1. The van der Waals surface area contributed by atoms with Crippen molar-refractivity contribution in [1.82, 2.24) is 24.7 Å². The molecule has 2 aliphatic rings. The Labute approximate surface area is 219 Å². The van der Waals surface area contributed by atoms with Gasteiger partial charge in [-0.3, -0.25) is 0 Å². The number of hydrogen-bond donors (Lipinski definition) is 1. The third-order valence-electron chi connectivity index (χ3n) is 7.84. The minimum atomic E-state index is -0.175. The zero-order chi connectivity index (χ0) is 26.1. The van der Waals surface area contributed by atoms with Crippen LogP contribution < -0.4 is 10.2 Å². The molecule has 7 nitrogen and oxygen atoms in total. The van der Waals surface area contributed by atoms with Gasteiger partial charge in [0.15, 0.2) is 0 Å². The number of piperidine rings is 1. The maximum Gasteiger partial charge on any atom is 0.317 e. The molecule has 2 saturated heterocycles. The third-order valence-corrected chi connectivity index (χ3v) is 7.84. The van der Waals surface area contributed by atoms with Gasteiger partial charge in [0.2, 0.25) is 0 Å². The lowest BCUT2D eigenvalue weighted by Crippen LogP contribution is -2.53. The molecule has 8 heteroatoms. The Morgan fingerprint density at radius 3 is 2.38 bits per heavy atom. The summed E-state index contributed by atoms with van der Waals surface area (Å²) < 4.78 is 17.2. The molecule has 0 atom stereocenters. The fourth-order valence-corrected chi connectivity index (χ4v) is 5.67. The largest absolute Gasteiger partial charge is 0.366 e. The van der Waals surface area contributed by atoms with E-state index in [0.717, 1.165) is 61.4 Å². The first-order valence-corrected chi connectivity index (χ1v) is 13.6. The molecule has 0 radical (unpaired) electrons. The molecule has 1 N–H and O–H groups in total. The average Bonchev–Trinajstić information content (AvgIpc) is 3.32. The van der Waals surface area contributed by atoms with E-state index in [1.54, 1.807) is 12.3 Å². The minimum Gasteiger partial charge on any atom is -0.366 e. The number of carbonyl (C=O) groups is 1. The van der Waals surface area contributed by atoms with Gasteiger partial charge in [0.1, 0.15) is 5.82 Å². The van der Waals surface area contributed by atoms with Crippen LogP contribution in [-0.2, 0) is 0 Å². The number of anilines is 1. The summed E-state index contributed by atoms with van der Waals surface area (Å²) in [5.74, 6) is 0.243. The number of benzene rings is 1. The van der Waals surface area contributed by atoms with Crippen LogP contribution in [0.1, 0.15) is 52.0 Å². The number of halogens is 1. The molecule has 0 saturated carbocycles. The second kappa shape index (κ2) is 10.7. The predicted molar refractivity (Wildman–Crippen MR) is 147 cm³/mol. The van der Waals surface area contributed by atoms with Crippen LogP contribution in [0.25, 0.3) is 16.6 Å². The lowest BCUT2D eigenvalue weighted by atomic mass is 9.88. The van der Waals surface area contributed by atoms with Crippen LogP contribution in [0.3, 0.4) is 0 Å². The average molecular weight is 507 g/mol. The molecule has 198 valence electrons. The van der Waals surface area contributed by atoms with E-state index in [4.69, 9.17) is 0 Å². The Hall–Kier alpha value is -3.13. The first kappa shape index (κ1) is 25.5. The molecule has 5 rings (SSSR count). The fourth-order valence-electron chi connectivity index (χ4n) is 5.67. The number of fused-ring (bicyclic) bond motifs is 1. The zero-order valence-electron chi connectivity index (χ0n) is 22.5. The van der Waals surface area contributed by atoms with Crippen LogP contribution in [0, 0.1) is 5.82 Å². The van der Waals surface area contributed by atoms with Crippen molar-refractivity contribution >= 4 is 17.2 Å². The van der Waals surface area contributed by atoms with Crippen molar-refractivity contribution in [3.8, 4) is 11.1 Å². The highest BCUT2D eigenvalue weighted by molar-refractivity contribution is 5.80. The summed E-state index contributed by atoms with van der Waals surface area (Å²) in [5.41, 5.74) is 4.54. The number of nitrogens with one attached hydrogen (secondary N) is 1. The van der Waals surface area contributed by atoms with Crippen LogP contribution in [0.5, 0.6) is 0 Å². The highest BCUT2D eigenvalue weighted by Gasteiger charge is 2.25. The normalized spacial score (nSPS) is 17.8. The van der Waals surface area contributed by atoms with Crippen molar-refractivity contribution in [1.29, 1.82) is 0 Å². The Morgan fingerprint density at radius 1 is 1.00 bits per heavy atom. The van der Waals surface area contributed by atoms with Crippen LogP contribution in [0.4, 0.5) is 14.9 Å². The molecule has 0 spiro atoms. The molecule has 2 amide bonds. The second-order valence-electron chi connectivity index (χ2n) is 11.0.